The Labute approximate surface area is 194 Å². The van der Waals surface area contributed by atoms with Gasteiger partial charge < -0.3 is 24.8 Å². The van der Waals surface area contributed by atoms with Crippen LogP contribution in [0.15, 0.2) is 82.4 Å². The van der Waals surface area contributed by atoms with E-state index in [0.29, 0.717) is 4.22 Å². The molecule has 2 aliphatic rings. The van der Waals surface area contributed by atoms with Crippen LogP contribution in [0.5, 0.6) is 0 Å². The number of hydrogen-bond acceptors (Lipinski definition) is 0. The third-order valence-corrected chi connectivity index (χ3v) is 8.41. The summed E-state index contributed by atoms with van der Waals surface area (Å²) < 4.78 is 4.74. The van der Waals surface area contributed by atoms with Crippen LogP contribution in [-0.4, -0.2) is 4.57 Å². The smallest absolute Gasteiger partial charge is 1.00 e. The van der Waals surface area contributed by atoms with Crippen LogP contribution in [0.3, 0.4) is 0 Å². The van der Waals surface area contributed by atoms with Crippen molar-refractivity contribution in [2.24, 2.45) is 0 Å². The van der Waals surface area contributed by atoms with Gasteiger partial charge in [0.25, 0.3) is 0 Å². The SMILES string of the molecule is CCCC1=[C]([Ti+2][CH]2C(n3ccc4ccccc43)=Cc3ccccc32)CC=C1.[Cl-].[Cl-]. The summed E-state index contributed by atoms with van der Waals surface area (Å²) in [4.78, 5) is 0. The molecule has 0 amide bonds. The molecule has 0 radical (unpaired) electrons. The van der Waals surface area contributed by atoms with Crippen molar-refractivity contribution in [3.8, 4) is 0 Å². The summed E-state index contributed by atoms with van der Waals surface area (Å²) in [5.41, 5.74) is 7.34. The zero-order chi connectivity index (χ0) is 18.2. The van der Waals surface area contributed by atoms with Crippen LogP contribution in [0, 0.1) is 0 Å². The Kier molecular flexibility index (Phi) is 7.30. The van der Waals surface area contributed by atoms with Crippen LogP contribution in [0.1, 0.15) is 41.5 Å². The maximum absolute atomic E-state index is 2.44. The minimum atomic E-state index is -0.266. The van der Waals surface area contributed by atoms with E-state index in [-0.39, 0.29) is 44.0 Å². The number of hydrogen-bond donors (Lipinski definition) is 0. The van der Waals surface area contributed by atoms with Crippen LogP contribution < -0.4 is 24.8 Å². The van der Waals surface area contributed by atoms with Gasteiger partial charge in [0, 0.05) is 0 Å². The van der Waals surface area contributed by atoms with Gasteiger partial charge in [-0.1, -0.05) is 0 Å². The first-order chi connectivity index (χ1) is 13.3. The van der Waals surface area contributed by atoms with Gasteiger partial charge in [0.05, 0.1) is 0 Å². The molecular formula is C25H23Cl2NTi. The molecule has 0 aliphatic heterocycles. The van der Waals surface area contributed by atoms with E-state index in [1.165, 1.54) is 47.0 Å². The van der Waals surface area contributed by atoms with E-state index in [0.717, 1.165) is 0 Å². The Morgan fingerprint density at radius 1 is 1.00 bits per heavy atom. The van der Waals surface area contributed by atoms with Crippen molar-refractivity contribution in [3.05, 3.63) is 93.5 Å². The quantitative estimate of drug-likeness (QED) is 0.501. The zero-order valence-corrected chi connectivity index (χ0v) is 19.5. The number of para-hydroxylation sites is 1. The number of rotatable bonds is 5. The molecule has 3 aromatic rings. The van der Waals surface area contributed by atoms with Crippen LogP contribution in [0.2, 0.25) is 0 Å². The molecule has 29 heavy (non-hydrogen) atoms. The summed E-state index contributed by atoms with van der Waals surface area (Å²) >= 11 is -0.266. The molecule has 0 bridgehead atoms. The molecule has 2 aliphatic carbocycles. The summed E-state index contributed by atoms with van der Waals surface area (Å²) in [6.07, 6.45) is 13.1. The molecule has 0 saturated carbocycles. The maximum Gasteiger partial charge on any atom is -1.00 e. The maximum atomic E-state index is 2.44. The van der Waals surface area contributed by atoms with Gasteiger partial charge in [-0.2, -0.15) is 0 Å². The molecule has 4 heteroatoms. The summed E-state index contributed by atoms with van der Waals surface area (Å²) in [6, 6.07) is 20.0. The van der Waals surface area contributed by atoms with Gasteiger partial charge in [-0.05, 0) is 0 Å². The third-order valence-electron chi connectivity index (χ3n) is 5.65. The van der Waals surface area contributed by atoms with E-state index in [1.807, 2.05) is 0 Å². The normalized spacial score (nSPS) is 16.9. The van der Waals surface area contributed by atoms with Crippen molar-refractivity contribution >= 4 is 22.7 Å². The average Bonchev–Trinajstić information content (AvgIpc) is 3.40. The van der Waals surface area contributed by atoms with E-state index in [9.17, 15) is 0 Å². The molecular weight excluding hydrogens is 433 g/mol. The topological polar surface area (TPSA) is 4.93 Å². The largest absolute Gasteiger partial charge is 1.00 e. The number of fused-ring (bicyclic) bond motifs is 2. The Balaban J connectivity index is 0.00000120. The van der Waals surface area contributed by atoms with E-state index < -0.39 is 0 Å². The molecule has 0 spiro atoms. The fourth-order valence-corrected chi connectivity index (χ4v) is 7.11. The molecule has 1 nitrogen and oxygen atoms in total. The monoisotopic (exact) mass is 455 g/mol. The Hall–Kier alpha value is -1.51. The van der Waals surface area contributed by atoms with Crippen molar-refractivity contribution in [2.45, 2.75) is 30.4 Å². The summed E-state index contributed by atoms with van der Waals surface area (Å²) in [5.74, 6) is 0. The van der Waals surface area contributed by atoms with E-state index in [2.05, 4.69) is 90.5 Å². The van der Waals surface area contributed by atoms with E-state index >= 15 is 0 Å². The molecule has 0 fully saturated rings. The number of nitrogens with zero attached hydrogens (tertiary/aromatic N) is 1. The van der Waals surface area contributed by atoms with Gasteiger partial charge in [0.15, 0.2) is 0 Å². The van der Waals surface area contributed by atoms with E-state index in [4.69, 9.17) is 0 Å². The minimum absolute atomic E-state index is 0. The molecule has 146 valence electrons. The predicted molar refractivity (Wildman–Crippen MR) is 111 cm³/mol. The summed E-state index contributed by atoms with van der Waals surface area (Å²) in [5, 5.41) is 1.32. The van der Waals surface area contributed by atoms with Gasteiger partial charge in [0.1, 0.15) is 0 Å². The standard InChI is InChI=1S/C17H12N.C8H11.2ClH.Ti/c1-2-7-15-12-16(11-14(15)6-1)18-10-9-13-5-3-4-8-17(13)18;1-2-5-8-6-3-4-7-8;;;/h1-12H;3,6H,2,4-5H2,1H3;2*1H;/q;;;;+2/p-2. The Bertz CT molecular complexity index is 1110. The second kappa shape index (κ2) is 9.54. The molecule has 1 aromatic heterocycles. The van der Waals surface area contributed by atoms with Crippen LogP contribution in [0.25, 0.3) is 22.7 Å². The van der Waals surface area contributed by atoms with Crippen molar-refractivity contribution in [1.29, 1.82) is 0 Å². The second-order valence-electron chi connectivity index (χ2n) is 7.38. The van der Waals surface area contributed by atoms with Crippen LogP contribution in [0.4, 0.5) is 0 Å². The summed E-state index contributed by atoms with van der Waals surface area (Å²) in [6.45, 7) is 2.29. The molecule has 0 saturated heterocycles. The molecule has 1 unspecified atom stereocenters. The van der Waals surface area contributed by atoms with Gasteiger partial charge >= 0.3 is 170 Å². The predicted octanol–water partition coefficient (Wildman–Crippen LogP) is 0.799. The van der Waals surface area contributed by atoms with Gasteiger partial charge in [-0.25, -0.2) is 0 Å². The first-order valence-electron chi connectivity index (χ1n) is 9.87. The zero-order valence-electron chi connectivity index (χ0n) is 16.4. The first-order valence-corrected chi connectivity index (χ1v) is 11.6. The molecule has 1 atom stereocenters. The van der Waals surface area contributed by atoms with Crippen molar-refractivity contribution in [3.63, 3.8) is 0 Å². The number of halogens is 2. The van der Waals surface area contributed by atoms with Crippen molar-refractivity contribution in [1.82, 2.24) is 4.57 Å². The Morgan fingerprint density at radius 3 is 2.66 bits per heavy atom. The molecule has 2 aromatic carbocycles. The van der Waals surface area contributed by atoms with Crippen LogP contribution >= 0.6 is 0 Å². The van der Waals surface area contributed by atoms with Gasteiger partial charge in [0.2, 0.25) is 0 Å². The minimum Gasteiger partial charge on any atom is -1.00 e. The van der Waals surface area contributed by atoms with Gasteiger partial charge in [-0.15, -0.1) is 0 Å². The van der Waals surface area contributed by atoms with Crippen molar-refractivity contribution in [2.75, 3.05) is 0 Å². The van der Waals surface area contributed by atoms with Gasteiger partial charge in [-0.3, -0.25) is 0 Å². The fourth-order valence-electron chi connectivity index (χ4n) is 4.36. The number of benzene rings is 2. The van der Waals surface area contributed by atoms with Crippen LogP contribution in [-0.2, 0) is 19.2 Å². The number of aromatic nitrogens is 1. The first kappa shape index (κ1) is 22.2. The second-order valence-corrected chi connectivity index (χ2v) is 9.68. The number of allylic oxidation sites excluding steroid dienone is 5. The average molecular weight is 456 g/mol. The van der Waals surface area contributed by atoms with Crippen molar-refractivity contribution < 1.29 is 44.0 Å². The third kappa shape index (κ3) is 4.07. The molecule has 5 rings (SSSR count). The molecule has 0 N–H and O–H groups in total. The fraction of sp³-hybridized carbons (Fsp3) is 0.200. The molecule has 1 heterocycles. The Morgan fingerprint density at radius 2 is 1.79 bits per heavy atom. The summed E-state index contributed by atoms with van der Waals surface area (Å²) in [7, 11) is 0. The van der Waals surface area contributed by atoms with E-state index in [1.54, 1.807) is 9.45 Å².